The van der Waals surface area contributed by atoms with E-state index in [0.717, 1.165) is 37.2 Å². The van der Waals surface area contributed by atoms with Crippen LogP contribution in [0.5, 0.6) is 23.0 Å². The van der Waals surface area contributed by atoms with Gasteiger partial charge in [0.2, 0.25) is 0 Å². The van der Waals surface area contributed by atoms with Crippen LogP contribution in [0.2, 0.25) is 0 Å². The Kier molecular flexibility index (Phi) is 12.1. The summed E-state index contributed by atoms with van der Waals surface area (Å²) >= 11 is 0. The van der Waals surface area contributed by atoms with E-state index in [4.69, 9.17) is 18.9 Å². The second-order valence-corrected chi connectivity index (χ2v) is 9.45. The minimum atomic E-state index is -0.448. The fourth-order valence-electron chi connectivity index (χ4n) is 4.05. The predicted octanol–water partition coefficient (Wildman–Crippen LogP) is 6.59. The van der Waals surface area contributed by atoms with Crippen LogP contribution in [0.3, 0.4) is 0 Å². The minimum Gasteiger partial charge on any atom is -0.490 e. The van der Waals surface area contributed by atoms with E-state index in [-0.39, 0.29) is 0 Å². The molecule has 2 amide bonds. The topological polar surface area (TPSA) is 95.1 Å². The quantitative estimate of drug-likeness (QED) is 0.157. The van der Waals surface area contributed by atoms with Gasteiger partial charge < -0.3 is 29.6 Å². The number of hydrogen-bond acceptors (Lipinski definition) is 6. The number of rotatable bonds is 15. The molecule has 2 N–H and O–H groups in total. The van der Waals surface area contributed by atoms with Gasteiger partial charge in [0.15, 0.2) is 0 Å². The zero-order chi connectivity index (χ0) is 29.2. The van der Waals surface area contributed by atoms with E-state index in [1.807, 2.05) is 84.9 Å². The third-order valence-electron chi connectivity index (χ3n) is 6.20. The van der Waals surface area contributed by atoms with Crippen LogP contribution in [0.1, 0.15) is 24.0 Å². The molecule has 0 fully saturated rings. The van der Waals surface area contributed by atoms with Crippen LogP contribution in [-0.2, 0) is 12.8 Å². The van der Waals surface area contributed by atoms with E-state index in [0.29, 0.717) is 37.8 Å². The van der Waals surface area contributed by atoms with Crippen molar-refractivity contribution in [1.29, 1.82) is 0 Å². The van der Waals surface area contributed by atoms with Gasteiger partial charge in [-0.2, -0.15) is 0 Å². The Bertz CT molecular complexity index is 1240. The first-order chi connectivity index (χ1) is 20.6. The summed E-state index contributed by atoms with van der Waals surface area (Å²) in [5.41, 5.74) is 2.33. The molecule has 0 heterocycles. The Balaban J connectivity index is 1.03. The van der Waals surface area contributed by atoms with Crippen LogP contribution in [0.4, 0.5) is 9.59 Å². The fourth-order valence-corrected chi connectivity index (χ4v) is 4.05. The maximum Gasteiger partial charge on any atom is 0.412 e. The monoisotopic (exact) mass is 568 g/mol. The van der Waals surface area contributed by atoms with Gasteiger partial charge >= 0.3 is 12.2 Å². The van der Waals surface area contributed by atoms with E-state index in [1.54, 1.807) is 24.3 Å². The lowest BCUT2D eigenvalue weighted by Gasteiger charge is -2.10. The SMILES string of the molecule is O=C(NCCCc1ccc(OCCOc2ccc(CCCNC(=O)Oc3ccccc3)cc2)cc1)Oc1ccccc1. The van der Waals surface area contributed by atoms with Gasteiger partial charge in [0.1, 0.15) is 36.2 Å². The largest absolute Gasteiger partial charge is 0.490 e. The third kappa shape index (κ3) is 11.3. The Morgan fingerprint density at radius 2 is 0.857 bits per heavy atom. The molecule has 0 saturated heterocycles. The van der Waals surface area contributed by atoms with E-state index >= 15 is 0 Å². The number of para-hydroxylation sites is 2. The highest BCUT2D eigenvalue weighted by atomic mass is 16.6. The lowest BCUT2D eigenvalue weighted by Crippen LogP contribution is -2.27. The van der Waals surface area contributed by atoms with Crippen molar-refractivity contribution in [3.8, 4) is 23.0 Å². The molecular formula is C34H36N2O6. The van der Waals surface area contributed by atoms with Crippen molar-refractivity contribution in [2.75, 3.05) is 26.3 Å². The molecule has 0 aliphatic heterocycles. The zero-order valence-electron chi connectivity index (χ0n) is 23.5. The maximum absolute atomic E-state index is 11.8. The molecule has 0 atom stereocenters. The minimum absolute atomic E-state index is 0.430. The van der Waals surface area contributed by atoms with Gasteiger partial charge in [-0.1, -0.05) is 60.7 Å². The van der Waals surface area contributed by atoms with Gasteiger partial charge in [0, 0.05) is 13.1 Å². The molecule has 0 saturated carbocycles. The number of aryl methyl sites for hydroxylation is 2. The number of benzene rings is 4. The number of ether oxygens (including phenoxy) is 4. The molecule has 0 unspecified atom stereocenters. The number of hydrogen-bond donors (Lipinski definition) is 2. The summed E-state index contributed by atoms with van der Waals surface area (Å²) in [4.78, 5) is 23.7. The first-order valence-corrected chi connectivity index (χ1v) is 14.1. The van der Waals surface area contributed by atoms with Crippen LogP contribution in [0, 0.1) is 0 Å². The molecule has 0 aromatic heterocycles. The predicted molar refractivity (Wildman–Crippen MR) is 161 cm³/mol. The normalized spacial score (nSPS) is 10.4. The number of amides is 2. The van der Waals surface area contributed by atoms with Gasteiger partial charge in [-0.25, -0.2) is 9.59 Å². The third-order valence-corrected chi connectivity index (χ3v) is 6.20. The molecule has 4 aromatic carbocycles. The Morgan fingerprint density at radius 1 is 0.476 bits per heavy atom. The molecule has 0 aliphatic carbocycles. The molecule has 0 bridgehead atoms. The summed E-state index contributed by atoms with van der Waals surface area (Å²) in [5, 5.41) is 5.54. The van der Waals surface area contributed by atoms with Crippen LogP contribution in [0.25, 0.3) is 0 Å². The highest BCUT2D eigenvalue weighted by Crippen LogP contribution is 2.16. The van der Waals surface area contributed by atoms with Crippen molar-refractivity contribution in [3.05, 3.63) is 120 Å². The highest BCUT2D eigenvalue weighted by Gasteiger charge is 2.05. The Labute approximate surface area is 246 Å². The van der Waals surface area contributed by atoms with Crippen molar-refractivity contribution in [2.24, 2.45) is 0 Å². The molecular weight excluding hydrogens is 532 g/mol. The van der Waals surface area contributed by atoms with Crippen molar-refractivity contribution in [1.82, 2.24) is 10.6 Å². The Hall–Kier alpha value is -4.98. The number of nitrogens with one attached hydrogen (secondary N) is 2. The average molecular weight is 569 g/mol. The first-order valence-electron chi connectivity index (χ1n) is 14.1. The van der Waals surface area contributed by atoms with Crippen molar-refractivity contribution in [2.45, 2.75) is 25.7 Å². The van der Waals surface area contributed by atoms with Gasteiger partial charge in [-0.05, 0) is 85.3 Å². The molecule has 4 rings (SSSR count). The summed E-state index contributed by atoms with van der Waals surface area (Å²) in [6.07, 6.45) is 2.38. The summed E-state index contributed by atoms with van der Waals surface area (Å²) in [5.74, 6) is 2.61. The Morgan fingerprint density at radius 3 is 1.24 bits per heavy atom. The van der Waals surface area contributed by atoms with Crippen LogP contribution < -0.4 is 29.6 Å². The molecule has 0 spiro atoms. The first kappa shape index (κ1) is 30.0. The fraction of sp³-hybridized carbons (Fsp3) is 0.235. The van der Waals surface area contributed by atoms with Crippen molar-refractivity contribution < 1.29 is 28.5 Å². The van der Waals surface area contributed by atoms with Crippen molar-refractivity contribution in [3.63, 3.8) is 0 Å². The molecule has 8 heteroatoms. The van der Waals surface area contributed by atoms with E-state index < -0.39 is 12.2 Å². The van der Waals surface area contributed by atoms with Crippen LogP contribution >= 0.6 is 0 Å². The van der Waals surface area contributed by atoms with Gasteiger partial charge in [-0.3, -0.25) is 0 Å². The molecule has 8 nitrogen and oxygen atoms in total. The maximum atomic E-state index is 11.8. The van der Waals surface area contributed by atoms with Crippen LogP contribution in [-0.4, -0.2) is 38.5 Å². The van der Waals surface area contributed by atoms with Crippen LogP contribution in [0.15, 0.2) is 109 Å². The van der Waals surface area contributed by atoms with Gasteiger partial charge in [0.05, 0.1) is 0 Å². The summed E-state index contributed by atoms with van der Waals surface area (Å²) < 4.78 is 22.0. The standard InChI is InChI=1S/C34H36N2O6/c37-33(41-31-11-3-1-4-12-31)35-23-7-9-27-15-19-29(20-16-27)39-25-26-40-30-21-17-28(18-22-30)10-8-24-36-34(38)42-32-13-5-2-6-14-32/h1-6,11-22H,7-10,23-26H2,(H,35,37)(H,36,38). The molecule has 0 aliphatic rings. The summed E-state index contributed by atoms with van der Waals surface area (Å²) in [6.45, 7) is 1.93. The zero-order valence-corrected chi connectivity index (χ0v) is 23.5. The van der Waals surface area contributed by atoms with Gasteiger partial charge in [0.25, 0.3) is 0 Å². The lowest BCUT2D eigenvalue weighted by atomic mass is 10.1. The molecule has 218 valence electrons. The summed E-state index contributed by atoms with van der Waals surface area (Å²) in [7, 11) is 0. The highest BCUT2D eigenvalue weighted by molar-refractivity contribution is 5.70. The molecule has 0 radical (unpaired) electrons. The second kappa shape index (κ2) is 17.0. The van der Waals surface area contributed by atoms with Crippen molar-refractivity contribution >= 4 is 12.2 Å². The van der Waals surface area contributed by atoms with E-state index in [2.05, 4.69) is 10.6 Å². The van der Waals surface area contributed by atoms with E-state index in [1.165, 1.54) is 11.1 Å². The summed E-state index contributed by atoms with van der Waals surface area (Å²) in [6, 6.07) is 33.9. The van der Waals surface area contributed by atoms with E-state index in [9.17, 15) is 9.59 Å². The smallest absolute Gasteiger partial charge is 0.412 e. The second-order valence-electron chi connectivity index (χ2n) is 9.45. The number of carbonyl (C=O) groups excluding carboxylic acids is 2. The lowest BCUT2D eigenvalue weighted by molar-refractivity contribution is 0.199. The van der Waals surface area contributed by atoms with Gasteiger partial charge in [-0.15, -0.1) is 0 Å². The molecule has 4 aromatic rings. The molecule has 42 heavy (non-hydrogen) atoms. The average Bonchev–Trinajstić information content (AvgIpc) is 3.02. The number of carbonyl (C=O) groups is 2.